The number of nitrogens with one attached hydrogen (secondary N) is 1. The first-order valence-electron chi connectivity index (χ1n) is 3.76. The monoisotopic (exact) mass is 197 g/mol. The van der Waals surface area contributed by atoms with E-state index in [0.29, 0.717) is 0 Å². The van der Waals surface area contributed by atoms with Crippen LogP contribution >= 0.6 is 0 Å². The molecule has 1 aromatic carbocycles. The van der Waals surface area contributed by atoms with E-state index in [-0.39, 0.29) is 4.90 Å². The highest BCUT2D eigenvalue weighted by molar-refractivity contribution is 7.89. The van der Waals surface area contributed by atoms with Crippen molar-refractivity contribution in [2.24, 2.45) is 0 Å². The standard InChI is InChI=1S/C9H11NO2S/c1-3-8-4-6-9(7-5-8)13(11,12)10-2/h3-7,10H,1H2,2H3. The van der Waals surface area contributed by atoms with Crippen LogP contribution in [0, 0.1) is 0 Å². The molecule has 1 rings (SSSR count). The molecule has 0 radical (unpaired) electrons. The smallest absolute Gasteiger partial charge is 0.214 e. The molecule has 70 valence electrons. The van der Waals surface area contributed by atoms with Crippen LogP contribution in [0.25, 0.3) is 6.08 Å². The van der Waals surface area contributed by atoms with E-state index in [1.54, 1.807) is 30.3 Å². The molecule has 1 N–H and O–H groups in total. The van der Waals surface area contributed by atoms with Crippen LogP contribution in [-0.2, 0) is 10.0 Å². The summed E-state index contributed by atoms with van der Waals surface area (Å²) in [6.07, 6.45) is 1.66. The second kappa shape index (κ2) is 3.72. The summed E-state index contributed by atoms with van der Waals surface area (Å²) in [6, 6.07) is 6.50. The maximum absolute atomic E-state index is 11.3. The minimum absolute atomic E-state index is 0.264. The summed E-state index contributed by atoms with van der Waals surface area (Å²) in [6.45, 7) is 3.58. The molecule has 0 saturated carbocycles. The van der Waals surface area contributed by atoms with Gasteiger partial charge in [0.1, 0.15) is 0 Å². The average Bonchev–Trinajstić information content (AvgIpc) is 2.18. The van der Waals surface area contributed by atoms with E-state index in [0.717, 1.165) is 5.56 Å². The lowest BCUT2D eigenvalue weighted by Gasteiger charge is -2.01. The van der Waals surface area contributed by atoms with Crippen molar-refractivity contribution in [2.45, 2.75) is 4.90 Å². The molecule has 0 atom stereocenters. The van der Waals surface area contributed by atoms with E-state index in [4.69, 9.17) is 0 Å². The second-order valence-corrected chi connectivity index (χ2v) is 4.37. The Kier molecular flexibility index (Phi) is 2.85. The zero-order valence-corrected chi connectivity index (χ0v) is 8.14. The number of hydrogen-bond acceptors (Lipinski definition) is 2. The Morgan fingerprint density at radius 1 is 1.31 bits per heavy atom. The Morgan fingerprint density at radius 2 is 1.85 bits per heavy atom. The van der Waals surface area contributed by atoms with Gasteiger partial charge >= 0.3 is 0 Å². The third-order valence-corrected chi connectivity index (χ3v) is 3.13. The summed E-state index contributed by atoms with van der Waals surface area (Å²) in [7, 11) is -1.92. The predicted octanol–water partition coefficient (Wildman–Crippen LogP) is 1.24. The van der Waals surface area contributed by atoms with Crippen LogP contribution in [0.3, 0.4) is 0 Å². The van der Waals surface area contributed by atoms with Gasteiger partial charge in [-0.2, -0.15) is 0 Å². The minimum atomic E-state index is -3.31. The second-order valence-electron chi connectivity index (χ2n) is 2.48. The van der Waals surface area contributed by atoms with Crippen LogP contribution in [-0.4, -0.2) is 15.5 Å². The van der Waals surface area contributed by atoms with Crippen molar-refractivity contribution >= 4 is 16.1 Å². The lowest BCUT2D eigenvalue weighted by atomic mass is 10.2. The highest BCUT2D eigenvalue weighted by Gasteiger charge is 2.09. The summed E-state index contributed by atoms with van der Waals surface area (Å²) in [5.74, 6) is 0. The normalized spacial score (nSPS) is 11.2. The molecule has 0 amide bonds. The van der Waals surface area contributed by atoms with Gasteiger partial charge in [-0.3, -0.25) is 0 Å². The molecular formula is C9H11NO2S. The van der Waals surface area contributed by atoms with E-state index < -0.39 is 10.0 Å². The summed E-state index contributed by atoms with van der Waals surface area (Å²) < 4.78 is 24.8. The fourth-order valence-corrected chi connectivity index (χ4v) is 1.63. The van der Waals surface area contributed by atoms with E-state index in [2.05, 4.69) is 11.3 Å². The van der Waals surface area contributed by atoms with Gasteiger partial charge in [0.15, 0.2) is 0 Å². The first kappa shape index (κ1) is 9.95. The zero-order chi connectivity index (χ0) is 9.90. The molecule has 0 saturated heterocycles. The molecule has 0 aliphatic rings. The molecule has 0 unspecified atom stereocenters. The number of hydrogen-bond donors (Lipinski definition) is 1. The van der Waals surface area contributed by atoms with E-state index in [1.807, 2.05) is 0 Å². The van der Waals surface area contributed by atoms with Gasteiger partial charge < -0.3 is 0 Å². The Morgan fingerprint density at radius 3 is 2.23 bits per heavy atom. The van der Waals surface area contributed by atoms with Gasteiger partial charge in [0.05, 0.1) is 4.90 Å². The molecule has 13 heavy (non-hydrogen) atoms. The van der Waals surface area contributed by atoms with Gasteiger partial charge in [-0.1, -0.05) is 24.8 Å². The van der Waals surface area contributed by atoms with Crippen LogP contribution < -0.4 is 4.72 Å². The topological polar surface area (TPSA) is 46.2 Å². The van der Waals surface area contributed by atoms with Gasteiger partial charge in [0.2, 0.25) is 10.0 Å². The Balaban J connectivity index is 3.13. The molecule has 0 aliphatic carbocycles. The van der Waals surface area contributed by atoms with E-state index in [9.17, 15) is 8.42 Å². The third-order valence-electron chi connectivity index (χ3n) is 1.69. The molecule has 0 aliphatic heterocycles. The van der Waals surface area contributed by atoms with Crippen LogP contribution in [0.5, 0.6) is 0 Å². The van der Waals surface area contributed by atoms with Gasteiger partial charge in [-0.05, 0) is 24.7 Å². The summed E-state index contributed by atoms with van der Waals surface area (Å²) in [5, 5.41) is 0. The molecule has 0 aromatic heterocycles. The highest BCUT2D eigenvalue weighted by atomic mass is 32.2. The lowest BCUT2D eigenvalue weighted by Crippen LogP contribution is -2.18. The number of rotatable bonds is 3. The van der Waals surface area contributed by atoms with Crippen molar-refractivity contribution in [1.29, 1.82) is 0 Å². The van der Waals surface area contributed by atoms with Crippen molar-refractivity contribution < 1.29 is 8.42 Å². The number of sulfonamides is 1. The van der Waals surface area contributed by atoms with Crippen LogP contribution in [0.15, 0.2) is 35.7 Å². The molecule has 0 bridgehead atoms. The van der Waals surface area contributed by atoms with Gasteiger partial charge in [0.25, 0.3) is 0 Å². The van der Waals surface area contributed by atoms with Crippen LogP contribution in [0.2, 0.25) is 0 Å². The Bertz CT molecular complexity index is 392. The van der Waals surface area contributed by atoms with Gasteiger partial charge in [0, 0.05) is 0 Å². The lowest BCUT2D eigenvalue weighted by molar-refractivity contribution is 0.588. The van der Waals surface area contributed by atoms with Crippen molar-refractivity contribution in [3.63, 3.8) is 0 Å². The zero-order valence-electron chi connectivity index (χ0n) is 7.32. The molecule has 0 heterocycles. The quantitative estimate of drug-likeness (QED) is 0.792. The molecule has 0 spiro atoms. The molecule has 4 heteroatoms. The summed E-state index contributed by atoms with van der Waals surface area (Å²) in [5.41, 5.74) is 0.898. The first-order chi connectivity index (χ1) is 6.10. The molecular weight excluding hydrogens is 186 g/mol. The Labute approximate surface area is 78.1 Å². The van der Waals surface area contributed by atoms with E-state index in [1.165, 1.54) is 7.05 Å². The molecule has 0 fully saturated rings. The fourth-order valence-electron chi connectivity index (χ4n) is 0.901. The van der Waals surface area contributed by atoms with Crippen molar-refractivity contribution in [1.82, 2.24) is 4.72 Å². The maximum atomic E-state index is 11.3. The van der Waals surface area contributed by atoms with Crippen molar-refractivity contribution in [3.8, 4) is 0 Å². The summed E-state index contributed by atoms with van der Waals surface area (Å²) >= 11 is 0. The SMILES string of the molecule is C=Cc1ccc(S(=O)(=O)NC)cc1. The molecule has 1 aromatic rings. The summed E-state index contributed by atoms with van der Waals surface area (Å²) in [4.78, 5) is 0.264. The largest absolute Gasteiger partial charge is 0.240 e. The van der Waals surface area contributed by atoms with Crippen molar-refractivity contribution in [3.05, 3.63) is 36.4 Å². The Hall–Kier alpha value is -1.13. The van der Waals surface area contributed by atoms with E-state index >= 15 is 0 Å². The van der Waals surface area contributed by atoms with Crippen LogP contribution in [0.1, 0.15) is 5.56 Å². The highest BCUT2D eigenvalue weighted by Crippen LogP contribution is 2.10. The fraction of sp³-hybridized carbons (Fsp3) is 0.111. The van der Waals surface area contributed by atoms with Crippen LogP contribution in [0.4, 0.5) is 0 Å². The van der Waals surface area contributed by atoms with Gasteiger partial charge in [-0.15, -0.1) is 0 Å². The predicted molar refractivity (Wildman–Crippen MR) is 52.8 cm³/mol. The first-order valence-corrected chi connectivity index (χ1v) is 5.24. The van der Waals surface area contributed by atoms with Crippen molar-refractivity contribution in [2.75, 3.05) is 7.05 Å². The maximum Gasteiger partial charge on any atom is 0.240 e. The van der Waals surface area contributed by atoms with Gasteiger partial charge in [-0.25, -0.2) is 13.1 Å². The molecule has 3 nitrogen and oxygen atoms in total. The number of benzene rings is 1. The minimum Gasteiger partial charge on any atom is -0.214 e. The third kappa shape index (κ3) is 2.17. The average molecular weight is 197 g/mol.